The SMILES string of the molecule is O=C(Cc1ccccc1)NC[C@H](NC(=O)c1c(Cl)cccc1Cl)C(=O)O. The summed E-state index contributed by atoms with van der Waals surface area (Å²) in [7, 11) is 0. The smallest absolute Gasteiger partial charge is 0.328 e. The van der Waals surface area contributed by atoms with Gasteiger partial charge in [-0.2, -0.15) is 0 Å². The molecule has 0 saturated carbocycles. The number of rotatable bonds is 7. The normalized spacial score (nSPS) is 11.5. The van der Waals surface area contributed by atoms with E-state index in [1.165, 1.54) is 12.1 Å². The molecule has 0 aliphatic heterocycles. The Labute approximate surface area is 160 Å². The van der Waals surface area contributed by atoms with Gasteiger partial charge in [-0.25, -0.2) is 4.79 Å². The lowest BCUT2D eigenvalue weighted by Crippen LogP contribution is -2.48. The molecule has 0 aliphatic carbocycles. The zero-order chi connectivity index (χ0) is 19.1. The predicted octanol–water partition coefficient (Wildman–Crippen LogP) is 2.54. The summed E-state index contributed by atoms with van der Waals surface area (Å²) in [6.45, 7) is -0.269. The highest BCUT2D eigenvalue weighted by Crippen LogP contribution is 2.24. The fourth-order valence-corrected chi connectivity index (χ4v) is 2.77. The number of halogens is 2. The molecule has 0 bridgehead atoms. The minimum atomic E-state index is -1.32. The highest BCUT2D eigenvalue weighted by molar-refractivity contribution is 6.39. The lowest BCUT2D eigenvalue weighted by atomic mass is 10.1. The van der Waals surface area contributed by atoms with Gasteiger partial charge in [-0.15, -0.1) is 0 Å². The average Bonchev–Trinajstić information content (AvgIpc) is 2.59. The fourth-order valence-electron chi connectivity index (χ4n) is 2.20. The van der Waals surface area contributed by atoms with Crippen LogP contribution in [0.15, 0.2) is 48.5 Å². The molecule has 0 aromatic heterocycles. The number of carboxylic acids is 1. The molecule has 8 heteroatoms. The quantitative estimate of drug-likeness (QED) is 0.672. The zero-order valence-corrected chi connectivity index (χ0v) is 15.1. The number of hydrogen-bond donors (Lipinski definition) is 3. The summed E-state index contributed by atoms with van der Waals surface area (Å²) in [5.74, 6) is -2.38. The lowest BCUT2D eigenvalue weighted by Gasteiger charge is -2.16. The number of benzene rings is 2. The number of hydrogen-bond acceptors (Lipinski definition) is 3. The standard InChI is InChI=1S/C18H16Cl2N2O4/c19-12-7-4-8-13(20)16(12)17(24)22-14(18(25)26)10-21-15(23)9-11-5-2-1-3-6-11/h1-8,14H,9-10H2,(H,21,23)(H,22,24)(H,25,26)/t14-/m0/s1. The molecule has 2 amide bonds. The van der Waals surface area contributed by atoms with Crippen LogP contribution in [0.25, 0.3) is 0 Å². The molecule has 1 atom stereocenters. The Bertz CT molecular complexity index is 792. The van der Waals surface area contributed by atoms with Crippen LogP contribution in [-0.4, -0.2) is 35.5 Å². The van der Waals surface area contributed by atoms with Crippen molar-refractivity contribution in [1.29, 1.82) is 0 Å². The van der Waals surface area contributed by atoms with Crippen LogP contribution in [0.5, 0.6) is 0 Å². The van der Waals surface area contributed by atoms with Gasteiger partial charge >= 0.3 is 5.97 Å². The number of amides is 2. The molecule has 2 aromatic carbocycles. The molecule has 0 spiro atoms. The van der Waals surface area contributed by atoms with Crippen LogP contribution < -0.4 is 10.6 Å². The Morgan fingerprint density at radius 3 is 2.15 bits per heavy atom. The van der Waals surface area contributed by atoms with Crippen LogP contribution >= 0.6 is 23.2 Å². The van der Waals surface area contributed by atoms with Gasteiger partial charge in [0.15, 0.2) is 0 Å². The molecule has 0 fully saturated rings. The molecular weight excluding hydrogens is 379 g/mol. The molecule has 6 nitrogen and oxygen atoms in total. The summed E-state index contributed by atoms with van der Waals surface area (Å²) >= 11 is 11.9. The summed E-state index contributed by atoms with van der Waals surface area (Å²) in [4.78, 5) is 35.6. The van der Waals surface area contributed by atoms with Crippen molar-refractivity contribution in [3.05, 3.63) is 69.7 Å². The van der Waals surface area contributed by atoms with Gasteiger partial charge in [0, 0.05) is 6.54 Å². The van der Waals surface area contributed by atoms with Crippen molar-refractivity contribution in [3.63, 3.8) is 0 Å². The second-order valence-corrected chi connectivity index (χ2v) is 6.24. The lowest BCUT2D eigenvalue weighted by molar-refractivity contribution is -0.139. The van der Waals surface area contributed by atoms with Crippen molar-refractivity contribution in [3.8, 4) is 0 Å². The van der Waals surface area contributed by atoms with Crippen molar-refractivity contribution >= 4 is 41.0 Å². The highest BCUT2D eigenvalue weighted by Gasteiger charge is 2.23. The van der Waals surface area contributed by atoms with E-state index in [1.54, 1.807) is 30.3 Å². The summed E-state index contributed by atoms with van der Waals surface area (Å²) in [6, 6.07) is 12.2. The molecule has 136 valence electrons. The number of carbonyl (C=O) groups excluding carboxylic acids is 2. The van der Waals surface area contributed by atoms with Crippen LogP contribution in [0.2, 0.25) is 10.0 Å². The fraction of sp³-hybridized carbons (Fsp3) is 0.167. The van der Waals surface area contributed by atoms with Gasteiger partial charge in [0.1, 0.15) is 6.04 Å². The van der Waals surface area contributed by atoms with Gasteiger partial charge in [-0.1, -0.05) is 59.6 Å². The Kier molecular flexibility index (Phi) is 7.00. The molecule has 0 unspecified atom stereocenters. The van der Waals surface area contributed by atoms with Crippen molar-refractivity contribution in [1.82, 2.24) is 10.6 Å². The van der Waals surface area contributed by atoms with E-state index in [1.807, 2.05) is 6.07 Å². The molecule has 0 saturated heterocycles. The maximum atomic E-state index is 12.3. The monoisotopic (exact) mass is 394 g/mol. The van der Waals surface area contributed by atoms with E-state index in [-0.39, 0.29) is 34.5 Å². The van der Waals surface area contributed by atoms with Crippen molar-refractivity contribution in [2.24, 2.45) is 0 Å². The van der Waals surface area contributed by atoms with Crippen LogP contribution in [0.4, 0.5) is 0 Å². The second-order valence-electron chi connectivity index (χ2n) is 5.43. The largest absolute Gasteiger partial charge is 0.480 e. The highest BCUT2D eigenvalue weighted by atomic mass is 35.5. The molecule has 26 heavy (non-hydrogen) atoms. The number of aliphatic carboxylic acids is 1. The van der Waals surface area contributed by atoms with E-state index in [2.05, 4.69) is 10.6 Å². The minimum absolute atomic E-state index is 0.0160. The third-order valence-corrected chi connectivity index (χ3v) is 4.13. The first-order valence-electron chi connectivity index (χ1n) is 7.66. The maximum absolute atomic E-state index is 12.3. The summed E-state index contributed by atoms with van der Waals surface area (Å²) in [5, 5.41) is 14.3. The molecule has 0 heterocycles. The number of carbonyl (C=O) groups is 3. The van der Waals surface area contributed by atoms with Crippen LogP contribution in [-0.2, 0) is 16.0 Å². The average molecular weight is 395 g/mol. The predicted molar refractivity (Wildman–Crippen MR) is 98.5 cm³/mol. The van der Waals surface area contributed by atoms with Crippen LogP contribution in [0, 0.1) is 0 Å². The Morgan fingerprint density at radius 2 is 1.58 bits per heavy atom. The third-order valence-electron chi connectivity index (χ3n) is 3.50. The topological polar surface area (TPSA) is 95.5 Å². The van der Waals surface area contributed by atoms with Crippen LogP contribution in [0.1, 0.15) is 15.9 Å². The zero-order valence-electron chi connectivity index (χ0n) is 13.5. The Balaban J connectivity index is 1.97. The van der Waals surface area contributed by atoms with Gasteiger partial charge < -0.3 is 15.7 Å². The Hall–Kier alpha value is -2.57. The molecule has 0 radical (unpaired) electrons. The van der Waals surface area contributed by atoms with E-state index in [0.717, 1.165) is 5.56 Å². The van der Waals surface area contributed by atoms with E-state index in [4.69, 9.17) is 23.2 Å². The molecule has 0 aliphatic rings. The van der Waals surface area contributed by atoms with Gasteiger partial charge in [-0.3, -0.25) is 9.59 Å². The third kappa shape index (κ3) is 5.47. The number of nitrogens with one attached hydrogen (secondary N) is 2. The maximum Gasteiger partial charge on any atom is 0.328 e. The summed E-state index contributed by atoms with van der Waals surface area (Å²) < 4.78 is 0. The van der Waals surface area contributed by atoms with E-state index in [0.29, 0.717) is 0 Å². The van der Waals surface area contributed by atoms with Crippen LogP contribution in [0.3, 0.4) is 0 Å². The number of carboxylic acid groups (broad SMARTS) is 1. The minimum Gasteiger partial charge on any atom is -0.480 e. The molecule has 2 rings (SSSR count). The first-order chi connectivity index (χ1) is 12.4. The van der Waals surface area contributed by atoms with Crippen molar-refractivity contribution in [2.45, 2.75) is 12.5 Å². The van der Waals surface area contributed by atoms with Gasteiger partial charge in [0.25, 0.3) is 5.91 Å². The first-order valence-corrected chi connectivity index (χ1v) is 8.42. The second kappa shape index (κ2) is 9.22. The Morgan fingerprint density at radius 1 is 0.962 bits per heavy atom. The first kappa shape index (κ1) is 19.8. The van der Waals surface area contributed by atoms with E-state index < -0.39 is 17.9 Å². The van der Waals surface area contributed by atoms with Crippen molar-refractivity contribution < 1.29 is 19.5 Å². The molecular formula is C18H16Cl2N2O4. The van der Waals surface area contributed by atoms with Crippen molar-refractivity contribution in [2.75, 3.05) is 6.54 Å². The summed E-state index contributed by atoms with van der Waals surface area (Å²) in [6.07, 6.45) is 0.109. The molecule has 3 N–H and O–H groups in total. The van der Waals surface area contributed by atoms with Gasteiger partial charge in [0.05, 0.1) is 22.0 Å². The van der Waals surface area contributed by atoms with E-state index in [9.17, 15) is 19.5 Å². The molecule has 2 aromatic rings. The summed E-state index contributed by atoms with van der Waals surface area (Å²) in [5.41, 5.74) is 0.779. The van der Waals surface area contributed by atoms with Gasteiger partial charge in [0.2, 0.25) is 5.91 Å². The van der Waals surface area contributed by atoms with E-state index >= 15 is 0 Å². The van der Waals surface area contributed by atoms with Gasteiger partial charge in [-0.05, 0) is 17.7 Å².